The van der Waals surface area contributed by atoms with Crippen LogP contribution in [-0.2, 0) is 11.2 Å². The number of rotatable bonds is 6. The Balaban J connectivity index is 0.00000300. The maximum absolute atomic E-state index is 12.4. The summed E-state index contributed by atoms with van der Waals surface area (Å²) in [5.74, 6) is -0.342. The van der Waals surface area contributed by atoms with Gasteiger partial charge in [0.15, 0.2) is 24.7 Å². The molecule has 1 unspecified atom stereocenters. The summed E-state index contributed by atoms with van der Waals surface area (Å²) in [5.41, 5.74) is 8.65. The number of anilines is 1. The van der Waals surface area contributed by atoms with Gasteiger partial charge < -0.3 is 20.5 Å². The highest BCUT2D eigenvalue weighted by Gasteiger charge is 2.29. The summed E-state index contributed by atoms with van der Waals surface area (Å²) in [4.78, 5) is 12.3. The van der Waals surface area contributed by atoms with Crippen LogP contribution in [0.3, 0.4) is 0 Å². The van der Waals surface area contributed by atoms with E-state index in [1.165, 1.54) is 18.2 Å². The van der Waals surface area contributed by atoms with Crippen LogP contribution in [0.1, 0.15) is 30.0 Å². The Bertz CT molecular complexity index is 846. The van der Waals surface area contributed by atoms with Crippen molar-refractivity contribution in [2.45, 2.75) is 31.5 Å². The van der Waals surface area contributed by atoms with Gasteiger partial charge in [-0.05, 0) is 54.7 Å². The van der Waals surface area contributed by atoms with Gasteiger partial charge in [0.2, 0.25) is 0 Å². The molecule has 0 heterocycles. The molecule has 0 radical (unpaired) electrons. The maximum Gasteiger partial charge on any atom is 0.422 e. The van der Waals surface area contributed by atoms with Crippen molar-refractivity contribution in [3.8, 4) is 11.5 Å². The van der Waals surface area contributed by atoms with Crippen LogP contribution >= 0.6 is 12.4 Å². The number of alkyl halides is 3. The first-order chi connectivity index (χ1) is 13.3. The van der Waals surface area contributed by atoms with Gasteiger partial charge in [-0.3, -0.25) is 4.79 Å². The number of nitrogens with two attached hydrogens (primary N) is 1. The van der Waals surface area contributed by atoms with Crippen LogP contribution in [0, 0.1) is 0 Å². The summed E-state index contributed by atoms with van der Waals surface area (Å²) in [6.07, 6.45) is -1.82. The molecule has 0 aliphatic heterocycles. The van der Waals surface area contributed by atoms with E-state index in [-0.39, 0.29) is 42.5 Å². The normalized spacial score (nSPS) is 15.6. The molecule has 0 bridgehead atoms. The third-order valence-electron chi connectivity index (χ3n) is 4.42. The average molecular weight is 431 g/mol. The number of nitrogens with one attached hydrogen (secondary N) is 1. The molecule has 9 heteroatoms. The predicted octanol–water partition coefficient (Wildman–Crippen LogP) is 4.20. The number of benzene rings is 2. The Morgan fingerprint density at radius 2 is 1.83 bits per heavy atom. The van der Waals surface area contributed by atoms with Crippen molar-refractivity contribution < 1.29 is 27.4 Å². The molecule has 158 valence electrons. The number of ether oxygens (including phenoxy) is 2. The van der Waals surface area contributed by atoms with E-state index in [2.05, 4.69) is 5.32 Å². The number of aryl methyl sites for hydroxylation is 1. The van der Waals surface area contributed by atoms with E-state index in [1.54, 1.807) is 12.1 Å². The smallest absolute Gasteiger partial charge is 0.422 e. The second-order valence-electron chi connectivity index (χ2n) is 6.61. The first-order valence-corrected chi connectivity index (χ1v) is 8.91. The van der Waals surface area contributed by atoms with E-state index in [1.807, 2.05) is 12.1 Å². The fourth-order valence-electron chi connectivity index (χ4n) is 3.21. The molecular formula is C20H22ClF3N2O3. The van der Waals surface area contributed by atoms with Gasteiger partial charge in [0.05, 0.1) is 6.04 Å². The van der Waals surface area contributed by atoms with Crippen molar-refractivity contribution in [2.75, 3.05) is 18.9 Å². The zero-order valence-electron chi connectivity index (χ0n) is 15.5. The molecule has 1 amide bonds. The van der Waals surface area contributed by atoms with Crippen LogP contribution in [0.4, 0.5) is 18.9 Å². The number of hydrogen-bond acceptors (Lipinski definition) is 4. The number of para-hydroxylation sites is 2. The minimum Gasteiger partial charge on any atom is -0.480 e. The Morgan fingerprint density at radius 3 is 2.52 bits per heavy atom. The first kappa shape index (κ1) is 22.7. The number of amides is 1. The lowest BCUT2D eigenvalue weighted by atomic mass is 9.87. The van der Waals surface area contributed by atoms with E-state index >= 15 is 0 Å². The topological polar surface area (TPSA) is 73.6 Å². The van der Waals surface area contributed by atoms with E-state index in [0.717, 1.165) is 30.4 Å². The molecule has 0 saturated carbocycles. The Hall–Kier alpha value is -2.61. The van der Waals surface area contributed by atoms with Crippen LogP contribution in [-0.4, -0.2) is 25.3 Å². The van der Waals surface area contributed by atoms with Crippen molar-refractivity contribution in [2.24, 2.45) is 0 Å². The third-order valence-corrected chi connectivity index (χ3v) is 4.42. The zero-order chi connectivity index (χ0) is 20.1. The number of carbonyl (C=O) groups excluding carboxylic acids is 1. The Labute approximate surface area is 172 Å². The van der Waals surface area contributed by atoms with E-state index < -0.39 is 12.8 Å². The second-order valence-corrected chi connectivity index (χ2v) is 6.61. The molecule has 0 saturated heterocycles. The van der Waals surface area contributed by atoms with Crippen molar-refractivity contribution in [1.29, 1.82) is 0 Å². The third kappa shape index (κ3) is 6.45. The highest BCUT2D eigenvalue weighted by atomic mass is 35.5. The van der Waals surface area contributed by atoms with Gasteiger partial charge in [-0.2, -0.15) is 13.2 Å². The van der Waals surface area contributed by atoms with E-state index in [4.69, 9.17) is 15.2 Å². The average Bonchev–Trinajstić information content (AvgIpc) is 2.64. The largest absolute Gasteiger partial charge is 0.480 e. The monoisotopic (exact) mass is 430 g/mol. The zero-order valence-corrected chi connectivity index (χ0v) is 16.3. The molecular weight excluding hydrogens is 409 g/mol. The molecule has 3 N–H and O–H groups in total. The van der Waals surface area contributed by atoms with Gasteiger partial charge in [-0.15, -0.1) is 12.4 Å². The highest BCUT2D eigenvalue weighted by Crippen LogP contribution is 2.31. The van der Waals surface area contributed by atoms with Crippen molar-refractivity contribution in [3.05, 3.63) is 53.6 Å². The summed E-state index contributed by atoms with van der Waals surface area (Å²) >= 11 is 0. The highest BCUT2D eigenvalue weighted by molar-refractivity contribution is 5.85. The molecule has 2 aromatic carbocycles. The first-order valence-electron chi connectivity index (χ1n) is 8.91. The van der Waals surface area contributed by atoms with Crippen molar-refractivity contribution in [3.63, 3.8) is 0 Å². The fraction of sp³-hybridized carbons (Fsp3) is 0.350. The molecule has 1 aliphatic carbocycles. The van der Waals surface area contributed by atoms with Gasteiger partial charge in [0.1, 0.15) is 0 Å². The van der Waals surface area contributed by atoms with Crippen molar-refractivity contribution >= 4 is 24.0 Å². The molecule has 2 aromatic rings. The quantitative estimate of drug-likeness (QED) is 0.673. The number of fused-ring (bicyclic) bond motifs is 1. The van der Waals surface area contributed by atoms with Gasteiger partial charge in [-0.25, -0.2) is 0 Å². The lowest BCUT2D eigenvalue weighted by Gasteiger charge is -2.26. The summed E-state index contributed by atoms with van der Waals surface area (Å²) in [6, 6.07) is 11.4. The van der Waals surface area contributed by atoms with Gasteiger partial charge in [0.25, 0.3) is 5.91 Å². The van der Waals surface area contributed by atoms with E-state index in [9.17, 15) is 18.0 Å². The van der Waals surface area contributed by atoms with Crippen LogP contribution < -0.4 is 20.5 Å². The van der Waals surface area contributed by atoms with E-state index in [0.29, 0.717) is 5.69 Å². The van der Waals surface area contributed by atoms with Crippen LogP contribution in [0.25, 0.3) is 0 Å². The minimum absolute atomic E-state index is 0. The molecule has 3 rings (SSSR count). The fourth-order valence-corrected chi connectivity index (χ4v) is 3.21. The maximum atomic E-state index is 12.4. The molecule has 5 nitrogen and oxygen atoms in total. The lowest BCUT2D eigenvalue weighted by molar-refractivity contribution is -0.153. The Kier molecular flexibility index (Phi) is 7.61. The molecule has 0 aromatic heterocycles. The van der Waals surface area contributed by atoms with Crippen LogP contribution in [0.2, 0.25) is 0 Å². The number of halogens is 4. The Morgan fingerprint density at radius 1 is 1.14 bits per heavy atom. The van der Waals surface area contributed by atoms with Crippen LogP contribution in [0.15, 0.2) is 42.5 Å². The number of carbonyl (C=O) groups is 1. The van der Waals surface area contributed by atoms with Gasteiger partial charge >= 0.3 is 6.18 Å². The van der Waals surface area contributed by atoms with Gasteiger partial charge in [0, 0.05) is 5.69 Å². The van der Waals surface area contributed by atoms with Crippen molar-refractivity contribution in [1.82, 2.24) is 5.32 Å². The lowest BCUT2D eigenvalue weighted by Crippen LogP contribution is -2.34. The van der Waals surface area contributed by atoms with Crippen LogP contribution in [0.5, 0.6) is 11.5 Å². The molecule has 1 atom stereocenters. The second kappa shape index (κ2) is 9.73. The van der Waals surface area contributed by atoms with Gasteiger partial charge in [-0.1, -0.05) is 18.2 Å². The molecule has 0 fully saturated rings. The molecule has 29 heavy (non-hydrogen) atoms. The molecule has 1 aliphatic rings. The minimum atomic E-state index is -4.46. The summed E-state index contributed by atoms with van der Waals surface area (Å²) in [6.45, 7) is -1.76. The predicted molar refractivity (Wildman–Crippen MR) is 105 cm³/mol. The number of nitrogen functional groups attached to an aromatic ring is 1. The standard InChI is InChI=1S/C20H21F3N2O3.ClH/c21-20(22,23)12-28-18-7-2-1-6-17(18)27-11-19(26)25-16-5-3-4-13-10-14(24)8-9-15(13)16;/h1-2,6-10,16H,3-5,11-12,24H2,(H,25,26);1H. The summed E-state index contributed by atoms with van der Waals surface area (Å²) in [7, 11) is 0. The number of hydrogen-bond donors (Lipinski definition) is 2. The summed E-state index contributed by atoms with van der Waals surface area (Å²) in [5, 5.41) is 2.91. The molecule has 0 spiro atoms. The summed E-state index contributed by atoms with van der Waals surface area (Å²) < 4.78 is 47.2. The SMILES string of the molecule is Cl.Nc1ccc2c(c1)CCCC2NC(=O)COc1ccccc1OCC(F)(F)F.